The Morgan fingerprint density at radius 2 is 2.12 bits per heavy atom. The van der Waals surface area contributed by atoms with Gasteiger partial charge in [0.1, 0.15) is 5.75 Å². The van der Waals surface area contributed by atoms with Gasteiger partial charge in [0.05, 0.1) is 7.11 Å². The second-order valence-corrected chi connectivity index (χ2v) is 3.83. The van der Waals surface area contributed by atoms with E-state index >= 15 is 0 Å². The second kappa shape index (κ2) is 5.34. The highest BCUT2D eigenvalue weighted by atomic mass is 16.5. The Morgan fingerprint density at radius 1 is 1.29 bits per heavy atom. The Labute approximate surface area is 100 Å². The van der Waals surface area contributed by atoms with Crippen molar-refractivity contribution in [1.82, 2.24) is 4.98 Å². The summed E-state index contributed by atoms with van der Waals surface area (Å²) < 4.78 is 5.25. The number of ketones is 1. The van der Waals surface area contributed by atoms with Gasteiger partial charge in [0, 0.05) is 24.4 Å². The molecule has 0 unspecified atom stereocenters. The lowest BCUT2D eigenvalue weighted by Crippen LogP contribution is -2.01. The molecule has 0 aliphatic heterocycles. The molecule has 2 rings (SSSR count). The number of hydrogen-bond donors (Lipinski definition) is 1. The summed E-state index contributed by atoms with van der Waals surface area (Å²) in [6.07, 6.45) is 4.69. The molecule has 0 saturated heterocycles. The number of benzene rings is 1. The quantitative estimate of drug-likeness (QED) is 0.801. The van der Waals surface area contributed by atoms with Gasteiger partial charge in [-0.2, -0.15) is 0 Å². The number of carbonyl (C=O) groups excluding carboxylic acids is 1. The molecule has 1 heterocycles. The Hall–Kier alpha value is -2.03. The number of methoxy groups -OCH3 is 1. The predicted molar refractivity (Wildman–Crippen MR) is 66.4 cm³/mol. The van der Waals surface area contributed by atoms with E-state index in [0.29, 0.717) is 12.8 Å². The van der Waals surface area contributed by atoms with E-state index < -0.39 is 0 Å². The number of H-pyrrole nitrogens is 1. The summed E-state index contributed by atoms with van der Waals surface area (Å²) in [5, 5.41) is 0. The van der Waals surface area contributed by atoms with E-state index in [1.54, 1.807) is 25.6 Å². The van der Waals surface area contributed by atoms with Crippen molar-refractivity contribution < 1.29 is 9.53 Å². The van der Waals surface area contributed by atoms with Crippen molar-refractivity contribution in [2.24, 2.45) is 0 Å². The minimum atomic E-state index is 0.150. The lowest BCUT2D eigenvalue weighted by molar-refractivity contribution is 0.0983. The molecule has 1 aromatic heterocycles. The van der Waals surface area contributed by atoms with Crippen LogP contribution in [0.1, 0.15) is 22.3 Å². The second-order valence-electron chi connectivity index (χ2n) is 3.83. The summed E-state index contributed by atoms with van der Waals surface area (Å²) in [5.41, 5.74) is 1.80. The maximum atomic E-state index is 11.8. The number of nitrogens with one attached hydrogen (secondary N) is 1. The molecule has 0 atom stereocenters. The van der Waals surface area contributed by atoms with Crippen molar-refractivity contribution in [3.63, 3.8) is 0 Å². The van der Waals surface area contributed by atoms with Gasteiger partial charge in [-0.1, -0.05) is 18.2 Å². The molecule has 0 radical (unpaired) electrons. The molecule has 0 saturated carbocycles. The molecule has 1 aromatic carbocycles. The molecular weight excluding hydrogens is 214 g/mol. The summed E-state index contributed by atoms with van der Waals surface area (Å²) >= 11 is 0. The first kappa shape index (κ1) is 11.5. The number of aromatic amines is 1. The zero-order valence-electron chi connectivity index (χ0n) is 9.77. The van der Waals surface area contributed by atoms with Gasteiger partial charge in [0.25, 0.3) is 0 Å². The lowest BCUT2D eigenvalue weighted by atomic mass is 10.0. The van der Waals surface area contributed by atoms with Gasteiger partial charge < -0.3 is 9.72 Å². The number of aryl methyl sites for hydroxylation is 1. The largest absolute Gasteiger partial charge is 0.496 e. The van der Waals surface area contributed by atoms with Crippen LogP contribution in [0.25, 0.3) is 0 Å². The highest BCUT2D eigenvalue weighted by molar-refractivity contribution is 5.95. The predicted octanol–water partition coefficient (Wildman–Crippen LogP) is 2.84. The van der Waals surface area contributed by atoms with Crippen molar-refractivity contribution in [3.05, 3.63) is 53.9 Å². The molecule has 0 amide bonds. The highest BCUT2D eigenvalue weighted by Gasteiger charge is 2.08. The van der Waals surface area contributed by atoms with Crippen LogP contribution in [0.5, 0.6) is 5.75 Å². The summed E-state index contributed by atoms with van der Waals surface area (Å²) in [6, 6.07) is 9.58. The first-order chi connectivity index (χ1) is 8.31. The van der Waals surface area contributed by atoms with Gasteiger partial charge in [-0.3, -0.25) is 4.79 Å². The SMILES string of the molecule is COc1ccccc1CCC(=O)c1cc[nH]c1. The van der Waals surface area contributed by atoms with Crippen molar-refractivity contribution in [3.8, 4) is 5.75 Å². The first-order valence-corrected chi connectivity index (χ1v) is 5.59. The molecule has 0 bridgehead atoms. The minimum absolute atomic E-state index is 0.150. The maximum Gasteiger partial charge on any atom is 0.164 e. The van der Waals surface area contributed by atoms with Crippen molar-refractivity contribution in [1.29, 1.82) is 0 Å². The monoisotopic (exact) mass is 229 g/mol. The normalized spacial score (nSPS) is 10.2. The highest BCUT2D eigenvalue weighted by Crippen LogP contribution is 2.19. The van der Waals surface area contributed by atoms with Crippen molar-refractivity contribution in [2.75, 3.05) is 7.11 Å². The molecule has 2 aromatic rings. The van der Waals surface area contributed by atoms with E-state index in [4.69, 9.17) is 4.74 Å². The van der Waals surface area contributed by atoms with Crippen LogP contribution in [0.2, 0.25) is 0 Å². The topological polar surface area (TPSA) is 42.1 Å². The van der Waals surface area contributed by atoms with Crippen molar-refractivity contribution >= 4 is 5.78 Å². The zero-order valence-corrected chi connectivity index (χ0v) is 9.77. The fourth-order valence-electron chi connectivity index (χ4n) is 1.80. The van der Waals surface area contributed by atoms with E-state index in [0.717, 1.165) is 16.9 Å². The van der Waals surface area contributed by atoms with E-state index in [1.165, 1.54) is 0 Å². The van der Waals surface area contributed by atoms with Gasteiger partial charge in [0.15, 0.2) is 5.78 Å². The molecule has 3 nitrogen and oxygen atoms in total. The Kier molecular flexibility index (Phi) is 3.60. The smallest absolute Gasteiger partial charge is 0.164 e. The number of ether oxygens (including phenoxy) is 1. The first-order valence-electron chi connectivity index (χ1n) is 5.59. The Bertz CT molecular complexity index is 489. The number of Topliss-reactive ketones (excluding diaryl/α,β-unsaturated/α-hetero) is 1. The number of rotatable bonds is 5. The Morgan fingerprint density at radius 3 is 2.82 bits per heavy atom. The van der Waals surface area contributed by atoms with Gasteiger partial charge in [0.2, 0.25) is 0 Å². The molecule has 88 valence electrons. The summed E-state index contributed by atoms with van der Waals surface area (Å²) in [6.45, 7) is 0. The van der Waals surface area contributed by atoms with Gasteiger partial charge in [-0.25, -0.2) is 0 Å². The van der Waals surface area contributed by atoms with Crippen LogP contribution < -0.4 is 4.74 Å². The maximum absolute atomic E-state index is 11.8. The molecule has 1 N–H and O–H groups in total. The van der Waals surface area contributed by atoms with Crippen LogP contribution in [0.4, 0.5) is 0 Å². The third kappa shape index (κ3) is 2.75. The van der Waals surface area contributed by atoms with Gasteiger partial charge in [-0.05, 0) is 24.1 Å². The van der Waals surface area contributed by atoms with Crippen LogP contribution >= 0.6 is 0 Å². The molecule has 0 spiro atoms. The lowest BCUT2D eigenvalue weighted by Gasteiger charge is -2.06. The third-order valence-electron chi connectivity index (χ3n) is 2.73. The minimum Gasteiger partial charge on any atom is -0.496 e. The van der Waals surface area contributed by atoms with E-state index in [1.807, 2.05) is 24.3 Å². The number of para-hydroxylation sites is 1. The van der Waals surface area contributed by atoms with Gasteiger partial charge in [-0.15, -0.1) is 0 Å². The van der Waals surface area contributed by atoms with Gasteiger partial charge >= 0.3 is 0 Å². The average molecular weight is 229 g/mol. The van der Waals surface area contributed by atoms with E-state index in [-0.39, 0.29) is 5.78 Å². The fraction of sp³-hybridized carbons (Fsp3) is 0.214. The zero-order chi connectivity index (χ0) is 12.1. The Balaban J connectivity index is 2.00. The average Bonchev–Trinajstić information content (AvgIpc) is 2.90. The summed E-state index contributed by atoms with van der Waals surface area (Å²) in [4.78, 5) is 14.7. The van der Waals surface area contributed by atoms with Crippen LogP contribution in [-0.4, -0.2) is 17.9 Å². The molecule has 3 heteroatoms. The van der Waals surface area contributed by atoms with Crippen LogP contribution in [0.15, 0.2) is 42.7 Å². The molecule has 0 fully saturated rings. The van der Waals surface area contributed by atoms with Crippen molar-refractivity contribution in [2.45, 2.75) is 12.8 Å². The molecule has 0 aliphatic rings. The summed E-state index contributed by atoms with van der Waals surface area (Å²) in [5.74, 6) is 0.992. The molecular formula is C14H15NO2. The molecule has 0 aliphatic carbocycles. The number of hydrogen-bond acceptors (Lipinski definition) is 2. The standard InChI is InChI=1S/C14H15NO2/c1-17-14-5-3-2-4-11(14)6-7-13(16)12-8-9-15-10-12/h2-5,8-10,15H,6-7H2,1H3. The van der Waals surface area contributed by atoms with E-state index in [9.17, 15) is 4.79 Å². The third-order valence-corrected chi connectivity index (χ3v) is 2.73. The van der Waals surface area contributed by atoms with E-state index in [2.05, 4.69) is 4.98 Å². The number of carbonyl (C=O) groups is 1. The van der Waals surface area contributed by atoms with Crippen LogP contribution in [0, 0.1) is 0 Å². The summed E-state index contributed by atoms with van der Waals surface area (Å²) in [7, 11) is 1.65. The number of aromatic nitrogens is 1. The fourth-order valence-corrected chi connectivity index (χ4v) is 1.80. The molecule has 17 heavy (non-hydrogen) atoms. The van der Waals surface area contributed by atoms with Crippen LogP contribution in [-0.2, 0) is 6.42 Å². The van der Waals surface area contributed by atoms with Crippen LogP contribution in [0.3, 0.4) is 0 Å².